The van der Waals surface area contributed by atoms with Gasteiger partial charge < -0.3 is 14.3 Å². The molecule has 1 aliphatic rings. The number of hydrogen-bond donors (Lipinski definition) is 0. The van der Waals surface area contributed by atoms with E-state index < -0.39 is 0 Å². The van der Waals surface area contributed by atoms with Gasteiger partial charge in [0, 0.05) is 6.42 Å². The second kappa shape index (κ2) is 9.21. The maximum absolute atomic E-state index is 11.5. The van der Waals surface area contributed by atoms with E-state index in [1.165, 1.54) is 25.3 Å². The van der Waals surface area contributed by atoms with Crippen LogP contribution in [0.3, 0.4) is 0 Å². The minimum Gasteiger partial charge on any atom is -0.489 e. The molecule has 0 saturated carbocycles. The number of carbonyl (C=O) groups excluding carboxylic acids is 1. The third-order valence-corrected chi connectivity index (χ3v) is 4.88. The van der Waals surface area contributed by atoms with E-state index in [2.05, 4.69) is 22.1 Å². The van der Waals surface area contributed by atoms with Crippen LogP contribution in [0.1, 0.15) is 35.1 Å². The molecular weight excluding hydrogens is 342 g/mol. The molecule has 142 valence electrons. The lowest BCUT2D eigenvalue weighted by Gasteiger charge is -2.24. The highest BCUT2D eigenvalue weighted by Crippen LogP contribution is 2.30. The van der Waals surface area contributed by atoms with Crippen LogP contribution in [0.15, 0.2) is 47.6 Å². The van der Waals surface area contributed by atoms with Crippen LogP contribution in [0.2, 0.25) is 0 Å². The first kappa shape index (κ1) is 19.0. The molecule has 0 aliphatic heterocycles. The van der Waals surface area contributed by atoms with Crippen molar-refractivity contribution in [1.82, 2.24) is 0 Å². The monoisotopic (exact) mass is 367 g/mol. The largest absolute Gasteiger partial charge is 0.489 e. The minimum absolute atomic E-state index is 0.130. The first-order valence-corrected chi connectivity index (χ1v) is 9.15. The van der Waals surface area contributed by atoms with Crippen molar-refractivity contribution in [3.63, 3.8) is 0 Å². The first-order valence-electron chi connectivity index (χ1n) is 9.15. The molecule has 0 aromatic heterocycles. The van der Waals surface area contributed by atoms with Gasteiger partial charge in [-0.25, -0.2) is 0 Å². The molecule has 5 heteroatoms. The van der Waals surface area contributed by atoms with Crippen LogP contribution in [0.5, 0.6) is 5.75 Å². The van der Waals surface area contributed by atoms with Crippen molar-refractivity contribution in [3.8, 4) is 5.75 Å². The predicted octanol–water partition coefficient (Wildman–Crippen LogP) is 3.91. The average molecular weight is 367 g/mol. The fraction of sp³-hybridized carbons (Fsp3) is 0.364. The summed E-state index contributed by atoms with van der Waals surface area (Å²) in [5, 5.41) is 3.75. The summed E-state index contributed by atoms with van der Waals surface area (Å²) in [5.41, 5.74) is 4.70. The molecular formula is C22H25NO4. The van der Waals surface area contributed by atoms with Crippen molar-refractivity contribution in [3.05, 3.63) is 64.7 Å². The van der Waals surface area contributed by atoms with Gasteiger partial charge in [0.15, 0.2) is 0 Å². The molecule has 0 heterocycles. The van der Waals surface area contributed by atoms with Gasteiger partial charge in [0.2, 0.25) is 0 Å². The summed E-state index contributed by atoms with van der Waals surface area (Å²) >= 11 is 0. The van der Waals surface area contributed by atoms with Gasteiger partial charge in [0.1, 0.15) is 19.5 Å². The molecule has 0 bridgehead atoms. The standard InChI is InChI=1S/C22H25NO4/c1-25-22(24)12-18-7-8-19-9-10-21(13-20(19)11-18)27-15-17-5-3-16(4-6-17)14-23-26-2/h3-6,9-10,13-14,18H,7-8,11-12,15H2,1-2H3. The number of nitrogens with zero attached hydrogens (tertiary/aromatic N) is 1. The molecule has 0 amide bonds. The predicted molar refractivity (Wildman–Crippen MR) is 104 cm³/mol. The van der Waals surface area contributed by atoms with Crippen molar-refractivity contribution in [2.24, 2.45) is 11.1 Å². The summed E-state index contributed by atoms with van der Waals surface area (Å²) in [6.07, 6.45) is 5.08. The normalized spacial score (nSPS) is 16.0. The van der Waals surface area contributed by atoms with Gasteiger partial charge in [-0.2, -0.15) is 0 Å². The lowest BCUT2D eigenvalue weighted by molar-refractivity contribution is -0.141. The van der Waals surface area contributed by atoms with Crippen molar-refractivity contribution >= 4 is 12.2 Å². The number of esters is 1. The number of rotatable bonds is 7. The SMILES string of the molecule is CON=Cc1ccc(COc2ccc3c(c2)CC(CC(=O)OC)CC3)cc1. The highest BCUT2D eigenvalue weighted by Gasteiger charge is 2.21. The zero-order chi connectivity index (χ0) is 19.1. The first-order chi connectivity index (χ1) is 13.2. The molecule has 3 rings (SSSR count). The molecule has 27 heavy (non-hydrogen) atoms. The van der Waals surface area contributed by atoms with Crippen molar-refractivity contribution < 1.29 is 19.1 Å². The molecule has 0 fully saturated rings. The average Bonchev–Trinajstić information content (AvgIpc) is 2.71. The lowest BCUT2D eigenvalue weighted by atomic mass is 9.82. The van der Waals surface area contributed by atoms with Crippen LogP contribution >= 0.6 is 0 Å². The Hall–Kier alpha value is -2.82. The summed E-state index contributed by atoms with van der Waals surface area (Å²) in [5.74, 6) is 1.08. The summed E-state index contributed by atoms with van der Waals surface area (Å²) in [6.45, 7) is 0.506. The van der Waals surface area contributed by atoms with Crippen molar-refractivity contribution in [2.45, 2.75) is 32.3 Å². The van der Waals surface area contributed by atoms with E-state index in [-0.39, 0.29) is 5.97 Å². The molecule has 1 atom stereocenters. The number of fused-ring (bicyclic) bond motifs is 1. The Morgan fingerprint density at radius 3 is 2.70 bits per heavy atom. The molecule has 0 N–H and O–H groups in total. The van der Waals surface area contributed by atoms with Crippen LogP contribution in [-0.4, -0.2) is 26.4 Å². The number of hydrogen-bond acceptors (Lipinski definition) is 5. The number of carbonyl (C=O) groups is 1. The van der Waals surface area contributed by atoms with Gasteiger partial charge in [-0.05, 0) is 59.6 Å². The third-order valence-electron chi connectivity index (χ3n) is 4.88. The Balaban J connectivity index is 1.59. The van der Waals surface area contributed by atoms with E-state index >= 15 is 0 Å². The van der Waals surface area contributed by atoms with E-state index in [9.17, 15) is 4.79 Å². The van der Waals surface area contributed by atoms with E-state index in [1.54, 1.807) is 6.21 Å². The number of benzene rings is 2. The third kappa shape index (κ3) is 5.33. The fourth-order valence-corrected chi connectivity index (χ4v) is 3.37. The van der Waals surface area contributed by atoms with E-state index in [0.29, 0.717) is 18.9 Å². The van der Waals surface area contributed by atoms with Gasteiger partial charge in [0.25, 0.3) is 0 Å². The number of ether oxygens (including phenoxy) is 2. The number of methoxy groups -OCH3 is 1. The van der Waals surface area contributed by atoms with E-state index in [0.717, 1.165) is 36.1 Å². The molecule has 2 aromatic rings. The molecule has 0 radical (unpaired) electrons. The van der Waals surface area contributed by atoms with Gasteiger partial charge >= 0.3 is 5.97 Å². The van der Waals surface area contributed by atoms with Crippen LogP contribution < -0.4 is 4.74 Å². The van der Waals surface area contributed by atoms with Gasteiger partial charge in [0.05, 0.1) is 13.3 Å². The fourth-order valence-electron chi connectivity index (χ4n) is 3.37. The molecule has 0 spiro atoms. The summed E-state index contributed by atoms with van der Waals surface area (Å²) in [4.78, 5) is 16.2. The van der Waals surface area contributed by atoms with Crippen LogP contribution in [0.25, 0.3) is 0 Å². The van der Waals surface area contributed by atoms with E-state index in [4.69, 9.17) is 9.47 Å². The van der Waals surface area contributed by atoms with Gasteiger partial charge in [-0.3, -0.25) is 4.79 Å². The van der Waals surface area contributed by atoms with Crippen molar-refractivity contribution in [2.75, 3.05) is 14.2 Å². The smallest absolute Gasteiger partial charge is 0.305 e. The molecule has 5 nitrogen and oxygen atoms in total. The minimum atomic E-state index is -0.130. The Morgan fingerprint density at radius 1 is 1.15 bits per heavy atom. The van der Waals surface area contributed by atoms with Gasteiger partial charge in [-0.15, -0.1) is 0 Å². The molecule has 2 aromatic carbocycles. The van der Waals surface area contributed by atoms with E-state index in [1.807, 2.05) is 30.3 Å². The summed E-state index contributed by atoms with van der Waals surface area (Å²) < 4.78 is 10.8. The van der Waals surface area contributed by atoms with Crippen LogP contribution in [0, 0.1) is 5.92 Å². The van der Waals surface area contributed by atoms with Crippen molar-refractivity contribution in [1.29, 1.82) is 0 Å². The van der Waals surface area contributed by atoms with Gasteiger partial charge in [-0.1, -0.05) is 35.5 Å². The Kier molecular flexibility index (Phi) is 6.47. The molecule has 1 aliphatic carbocycles. The quantitative estimate of drug-likeness (QED) is 0.423. The topological polar surface area (TPSA) is 57.1 Å². The lowest BCUT2D eigenvalue weighted by Crippen LogP contribution is -2.18. The highest BCUT2D eigenvalue weighted by molar-refractivity contribution is 5.79. The zero-order valence-electron chi connectivity index (χ0n) is 15.8. The Bertz CT molecular complexity index is 798. The van der Waals surface area contributed by atoms with Crippen LogP contribution in [-0.2, 0) is 33.8 Å². The Labute approximate surface area is 159 Å². The zero-order valence-corrected chi connectivity index (χ0v) is 15.8. The highest BCUT2D eigenvalue weighted by atomic mass is 16.6. The Morgan fingerprint density at radius 2 is 1.96 bits per heavy atom. The maximum atomic E-state index is 11.5. The number of oxime groups is 1. The molecule has 0 saturated heterocycles. The second-order valence-corrected chi connectivity index (χ2v) is 6.77. The maximum Gasteiger partial charge on any atom is 0.305 e. The second-order valence-electron chi connectivity index (χ2n) is 6.77. The number of aryl methyl sites for hydroxylation is 1. The summed E-state index contributed by atoms with van der Waals surface area (Å²) in [7, 11) is 2.97. The summed E-state index contributed by atoms with van der Waals surface area (Å²) in [6, 6.07) is 14.3. The van der Waals surface area contributed by atoms with Crippen LogP contribution in [0.4, 0.5) is 0 Å². The molecule has 1 unspecified atom stereocenters.